The molecule has 2 N–H and O–H groups in total. The van der Waals surface area contributed by atoms with Gasteiger partial charge in [0.15, 0.2) is 17.3 Å². The predicted molar refractivity (Wildman–Crippen MR) is 101 cm³/mol. The van der Waals surface area contributed by atoms with Gasteiger partial charge in [0.1, 0.15) is 5.75 Å². The van der Waals surface area contributed by atoms with Crippen molar-refractivity contribution >= 4 is 10.8 Å². The molecule has 0 amide bonds. The van der Waals surface area contributed by atoms with E-state index in [-0.39, 0.29) is 23.3 Å². The van der Waals surface area contributed by atoms with E-state index in [1.165, 1.54) is 26.4 Å². The summed E-state index contributed by atoms with van der Waals surface area (Å²) in [4.78, 5) is 0. The van der Waals surface area contributed by atoms with Crippen molar-refractivity contribution in [2.24, 2.45) is 0 Å². The maximum atomic E-state index is 10.4. The van der Waals surface area contributed by atoms with Crippen LogP contribution in [0, 0.1) is 0 Å². The molecule has 0 atom stereocenters. The van der Waals surface area contributed by atoms with E-state index in [4.69, 9.17) is 9.47 Å². The summed E-state index contributed by atoms with van der Waals surface area (Å²) in [6.07, 6.45) is 0. The molecule has 0 unspecified atom stereocenters. The van der Waals surface area contributed by atoms with E-state index in [0.29, 0.717) is 11.4 Å². The summed E-state index contributed by atoms with van der Waals surface area (Å²) in [6, 6.07) is 16.8. The Morgan fingerprint density at radius 3 is 2.41 bits per heavy atom. The molecular formula is C20H17N3O4. The molecule has 1 heterocycles. The van der Waals surface area contributed by atoms with Crippen LogP contribution in [0.3, 0.4) is 0 Å². The monoisotopic (exact) mass is 363 g/mol. The number of nitrogens with zero attached hydrogens (tertiary/aromatic N) is 3. The third-order valence-electron chi connectivity index (χ3n) is 4.36. The predicted octanol–water partition coefficient (Wildman–Crippen LogP) is 3.52. The molecule has 0 aliphatic rings. The molecule has 1 aromatic heterocycles. The van der Waals surface area contributed by atoms with E-state index >= 15 is 0 Å². The Morgan fingerprint density at radius 1 is 0.852 bits per heavy atom. The lowest BCUT2D eigenvalue weighted by atomic mass is 10.1. The smallest absolute Gasteiger partial charge is 0.321 e. The van der Waals surface area contributed by atoms with Gasteiger partial charge in [0.25, 0.3) is 0 Å². The van der Waals surface area contributed by atoms with E-state index in [9.17, 15) is 10.2 Å². The van der Waals surface area contributed by atoms with Gasteiger partial charge >= 0.3 is 6.01 Å². The number of ether oxygens (including phenoxy) is 2. The van der Waals surface area contributed by atoms with E-state index in [1.807, 2.05) is 42.5 Å². The highest BCUT2D eigenvalue weighted by Crippen LogP contribution is 2.40. The van der Waals surface area contributed by atoms with Crippen LogP contribution in [0.2, 0.25) is 0 Å². The van der Waals surface area contributed by atoms with Crippen molar-refractivity contribution in [3.63, 3.8) is 0 Å². The first kappa shape index (κ1) is 16.7. The maximum absolute atomic E-state index is 10.4. The maximum Gasteiger partial charge on any atom is 0.321 e. The zero-order chi connectivity index (χ0) is 19.0. The van der Waals surface area contributed by atoms with Crippen LogP contribution in [0.4, 0.5) is 0 Å². The molecule has 0 radical (unpaired) electrons. The molecule has 0 aliphatic carbocycles. The van der Waals surface area contributed by atoms with Gasteiger partial charge in [-0.25, -0.2) is 4.57 Å². The molecule has 0 bridgehead atoms. The van der Waals surface area contributed by atoms with E-state index in [2.05, 4.69) is 10.2 Å². The molecule has 7 nitrogen and oxygen atoms in total. The third kappa shape index (κ3) is 2.69. The van der Waals surface area contributed by atoms with Crippen molar-refractivity contribution in [2.75, 3.05) is 14.2 Å². The zero-order valence-electron chi connectivity index (χ0n) is 14.7. The minimum atomic E-state index is -0.165. The van der Waals surface area contributed by atoms with Crippen LogP contribution in [-0.2, 0) is 0 Å². The second-order valence-electron chi connectivity index (χ2n) is 5.89. The van der Waals surface area contributed by atoms with Gasteiger partial charge in [-0.15, -0.1) is 5.10 Å². The molecular weight excluding hydrogens is 346 g/mol. The number of aromatic nitrogens is 3. The topological polar surface area (TPSA) is 89.6 Å². The Kier molecular flexibility index (Phi) is 4.04. The number of aromatic hydroxyl groups is 2. The first-order chi connectivity index (χ1) is 13.1. The minimum absolute atomic E-state index is 0.148. The Bertz CT molecular complexity index is 1130. The lowest BCUT2D eigenvalue weighted by molar-refractivity contribution is 0.369. The van der Waals surface area contributed by atoms with Crippen LogP contribution in [0.25, 0.3) is 27.8 Å². The quantitative estimate of drug-likeness (QED) is 0.577. The van der Waals surface area contributed by atoms with Crippen molar-refractivity contribution in [3.05, 3.63) is 54.6 Å². The summed E-state index contributed by atoms with van der Waals surface area (Å²) < 4.78 is 12.3. The molecule has 0 spiro atoms. The zero-order valence-corrected chi connectivity index (χ0v) is 14.7. The van der Waals surface area contributed by atoms with E-state index in [0.717, 1.165) is 16.5 Å². The fourth-order valence-electron chi connectivity index (χ4n) is 3.10. The number of phenols is 2. The highest BCUT2D eigenvalue weighted by Gasteiger charge is 2.22. The van der Waals surface area contributed by atoms with Gasteiger partial charge in [0, 0.05) is 11.5 Å². The van der Waals surface area contributed by atoms with Gasteiger partial charge in [-0.3, -0.25) is 0 Å². The molecule has 7 heteroatoms. The lowest BCUT2D eigenvalue weighted by Gasteiger charge is -2.14. The average Bonchev–Trinajstić information content (AvgIpc) is 3.11. The molecule has 4 rings (SSSR count). The van der Waals surface area contributed by atoms with Gasteiger partial charge in [-0.05, 0) is 17.5 Å². The fraction of sp³-hybridized carbons (Fsp3) is 0.100. The number of rotatable bonds is 4. The number of phenolic OH excluding ortho intramolecular Hbond substituents is 2. The van der Waals surface area contributed by atoms with E-state index < -0.39 is 0 Å². The van der Waals surface area contributed by atoms with Crippen LogP contribution in [0.5, 0.6) is 23.3 Å². The van der Waals surface area contributed by atoms with Crippen LogP contribution in [-0.4, -0.2) is 39.2 Å². The summed E-state index contributed by atoms with van der Waals surface area (Å²) in [6.45, 7) is 0. The van der Waals surface area contributed by atoms with Crippen molar-refractivity contribution in [2.45, 2.75) is 0 Å². The average molecular weight is 363 g/mol. The Hall–Kier alpha value is -3.74. The minimum Gasteiger partial charge on any atom is -0.507 e. The molecule has 0 saturated carbocycles. The molecule has 0 saturated heterocycles. The van der Waals surface area contributed by atoms with Gasteiger partial charge < -0.3 is 19.7 Å². The van der Waals surface area contributed by atoms with Crippen molar-refractivity contribution in [3.8, 4) is 40.3 Å². The Labute approximate surface area is 155 Å². The number of hydrogen-bond donors (Lipinski definition) is 2. The number of methoxy groups -OCH3 is 2. The van der Waals surface area contributed by atoms with Crippen LogP contribution in [0.1, 0.15) is 0 Å². The number of fused-ring (bicyclic) bond motifs is 1. The second-order valence-corrected chi connectivity index (χ2v) is 5.89. The highest BCUT2D eigenvalue weighted by molar-refractivity contribution is 5.91. The highest BCUT2D eigenvalue weighted by atomic mass is 16.5. The molecule has 27 heavy (non-hydrogen) atoms. The fourth-order valence-corrected chi connectivity index (χ4v) is 3.10. The summed E-state index contributed by atoms with van der Waals surface area (Å²) in [5, 5.41) is 30.6. The van der Waals surface area contributed by atoms with Gasteiger partial charge in [0.05, 0.1) is 25.5 Å². The molecule has 136 valence electrons. The Morgan fingerprint density at radius 2 is 1.63 bits per heavy atom. The van der Waals surface area contributed by atoms with Gasteiger partial charge in [-0.2, -0.15) is 0 Å². The standard InChI is InChI=1S/C20H17N3O4/c1-26-18-10-14(16(24)11-17(18)25)19-21-22-20(27-2)23(19)15-9-5-7-12-6-3-4-8-13(12)15/h3-11,24-25H,1-2H3. The third-order valence-corrected chi connectivity index (χ3v) is 4.36. The molecule has 3 aromatic carbocycles. The van der Waals surface area contributed by atoms with Gasteiger partial charge in [0.2, 0.25) is 0 Å². The van der Waals surface area contributed by atoms with Crippen LogP contribution >= 0.6 is 0 Å². The first-order valence-electron chi connectivity index (χ1n) is 8.22. The van der Waals surface area contributed by atoms with Gasteiger partial charge in [-0.1, -0.05) is 41.5 Å². The van der Waals surface area contributed by atoms with Crippen LogP contribution in [0.15, 0.2) is 54.6 Å². The summed E-state index contributed by atoms with van der Waals surface area (Å²) in [5.41, 5.74) is 1.16. The summed E-state index contributed by atoms with van der Waals surface area (Å²) in [5.74, 6) is 0.264. The largest absolute Gasteiger partial charge is 0.507 e. The molecule has 0 aliphatic heterocycles. The van der Waals surface area contributed by atoms with Crippen LogP contribution < -0.4 is 9.47 Å². The number of hydrogen-bond acceptors (Lipinski definition) is 6. The normalized spacial score (nSPS) is 10.9. The van der Waals surface area contributed by atoms with Crippen molar-refractivity contribution in [1.29, 1.82) is 0 Å². The van der Waals surface area contributed by atoms with Crippen molar-refractivity contribution < 1.29 is 19.7 Å². The van der Waals surface area contributed by atoms with E-state index in [1.54, 1.807) is 4.57 Å². The van der Waals surface area contributed by atoms with Crippen molar-refractivity contribution in [1.82, 2.24) is 14.8 Å². The Balaban J connectivity index is 2.03. The second kappa shape index (κ2) is 6.53. The summed E-state index contributed by atoms with van der Waals surface area (Å²) in [7, 11) is 2.94. The summed E-state index contributed by atoms with van der Waals surface area (Å²) >= 11 is 0. The first-order valence-corrected chi connectivity index (χ1v) is 8.22. The SMILES string of the molecule is COc1cc(-c2nnc(OC)n2-c2cccc3ccccc23)c(O)cc1O. The lowest BCUT2D eigenvalue weighted by Crippen LogP contribution is -2.02. The molecule has 0 fully saturated rings. The number of benzene rings is 3. The molecule has 4 aromatic rings.